The first kappa shape index (κ1) is 34.3. The third kappa shape index (κ3) is 6.05. The molecule has 0 N–H and O–H groups in total. The molecule has 0 fully saturated rings. The van der Waals surface area contributed by atoms with Gasteiger partial charge in [-0.2, -0.15) is 0 Å². The van der Waals surface area contributed by atoms with Crippen molar-refractivity contribution in [2.45, 2.75) is 19.3 Å². The third-order valence-corrected chi connectivity index (χ3v) is 11.4. The second-order valence-electron chi connectivity index (χ2n) is 15.0. The van der Waals surface area contributed by atoms with Gasteiger partial charge in [-0.1, -0.05) is 199 Å². The molecule has 0 bridgehead atoms. The lowest BCUT2D eigenvalue weighted by Gasteiger charge is -2.34. The van der Waals surface area contributed by atoms with Crippen molar-refractivity contribution >= 4 is 0 Å². The van der Waals surface area contributed by atoms with Crippen molar-refractivity contribution in [3.8, 4) is 67.5 Å². The minimum atomic E-state index is -0.462. The first-order chi connectivity index (χ1) is 28.0. The molecule has 3 nitrogen and oxygen atoms in total. The molecular weight excluding hydrogens is 691 g/mol. The summed E-state index contributed by atoms with van der Waals surface area (Å²) in [5, 5.41) is 0. The van der Waals surface area contributed by atoms with Crippen LogP contribution in [0.1, 0.15) is 33.4 Å². The fraction of sp³-hybridized carbons (Fsp3) is 0.0556. The van der Waals surface area contributed by atoms with Crippen molar-refractivity contribution in [2.75, 3.05) is 0 Å². The van der Waals surface area contributed by atoms with Crippen molar-refractivity contribution in [2.24, 2.45) is 0 Å². The summed E-state index contributed by atoms with van der Waals surface area (Å²) in [4.78, 5) is 15.1. The highest BCUT2D eigenvalue weighted by Crippen LogP contribution is 2.56. The molecule has 0 aliphatic heterocycles. The van der Waals surface area contributed by atoms with Gasteiger partial charge in [0, 0.05) is 16.7 Å². The molecule has 57 heavy (non-hydrogen) atoms. The van der Waals surface area contributed by atoms with E-state index in [1.54, 1.807) is 0 Å². The van der Waals surface area contributed by atoms with Gasteiger partial charge >= 0.3 is 0 Å². The molecule has 0 radical (unpaired) electrons. The monoisotopic (exact) mass is 729 g/mol. The van der Waals surface area contributed by atoms with Gasteiger partial charge in [0.15, 0.2) is 17.5 Å². The molecule has 270 valence electrons. The molecule has 0 amide bonds. The summed E-state index contributed by atoms with van der Waals surface area (Å²) in [6.07, 6.45) is 0. The molecule has 0 unspecified atom stereocenters. The number of aryl methyl sites for hydroxylation is 2. The second-order valence-corrected chi connectivity index (χ2v) is 15.0. The summed E-state index contributed by atoms with van der Waals surface area (Å²) in [5.74, 6) is 1.92. The fourth-order valence-corrected chi connectivity index (χ4v) is 8.49. The minimum absolute atomic E-state index is 0.462. The van der Waals surface area contributed by atoms with Crippen LogP contribution in [0, 0.1) is 13.8 Å². The highest BCUT2D eigenvalue weighted by molar-refractivity contribution is 5.88. The van der Waals surface area contributed by atoms with E-state index < -0.39 is 5.41 Å². The number of hydrogen-bond acceptors (Lipinski definition) is 3. The van der Waals surface area contributed by atoms with Gasteiger partial charge in [-0.3, -0.25) is 0 Å². The van der Waals surface area contributed by atoms with Crippen molar-refractivity contribution < 1.29 is 0 Å². The van der Waals surface area contributed by atoms with Gasteiger partial charge in [0.05, 0.1) is 5.41 Å². The number of rotatable bonds is 7. The van der Waals surface area contributed by atoms with Crippen LogP contribution >= 0.6 is 0 Å². The molecule has 3 heteroatoms. The lowest BCUT2D eigenvalue weighted by molar-refractivity contribution is 0.768. The van der Waals surface area contributed by atoms with Crippen LogP contribution in [-0.2, 0) is 5.41 Å². The summed E-state index contributed by atoms with van der Waals surface area (Å²) in [6, 6.07) is 71.8. The van der Waals surface area contributed by atoms with Crippen LogP contribution in [0.5, 0.6) is 0 Å². The summed E-state index contributed by atoms with van der Waals surface area (Å²) in [6.45, 7) is 4.31. The molecule has 1 aliphatic rings. The number of aromatic nitrogens is 3. The maximum absolute atomic E-state index is 5.08. The Morgan fingerprint density at radius 3 is 1.35 bits per heavy atom. The fourth-order valence-electron chi connectivity index (χ4n) is 8.49. The third-order valence-electron chi connectivity index (χ3n) is 11.4. The number of nitrogens with zero attached hydrogens (tertiary/aromatic N) is 3. The molecule has 0 saturated heterocycles. The highest BCUT2D eigenvalue weighted by atomic mass is 15.0. The Morgan fingerprint density at radius 1 is 0.298 bits per heavy atom. The summed E-state index contributed by atoms with van der Waals surface area (Å²) in [7, 11) is 0. The minimum Gasteiger partial charge on any atom is -0.208 e. The Balaban J connectivity index is 1.08. The van der Waals surface area contributed by atoms with Gasteiger partial charge in [-0.15, -0.1) is 0 Å². The Hall–Kier alpha value is -7.23. The van der Waals surface area contributed by atoms with E-state index in [1.165, 1.54) is 44.5 Å². The first-order valence-corrected chi connectivity index (χ1v) is 19.5. The molecule has 0 atom stereocenters. The molecule has 1 aliphatic carbocycles. The van der Waals surface area contributed by atoms with Crippen molar-refractivity contribution in [1.29, 1.82) is 0 Å². The average Bonchev–Trinajstić information content (AvgIpc) is 3.58. The van der Waals surface area contributed by atoms with Crippen molar-refractivity contribution in [3.63, 3.8) is 0 Å². The van der Waals surface area contributed by atoms with Crippen molar-refractivity contribution in [3.05, 3.63) is 234 Å². The topological polar surface area (TPSA) is 38.7 Å². The maximum atomic E-state index is 5.08. The lowest BCUT2D eigenvalue weighted by atomic mass is 9.67. The van der Waals surface area contributed by atoms with Crippen LogP contribution in [0.25, 0.3) is 67.5 Å². The Labute approximate surface area is 334 Å². The summed E-state index contributed by atoms with van der Waals surface area (Å²) in [5.41, 5.74) is 17.1. The Bertz CT molecular complexity index is 2830. The maximum Gasteiger partial charge on any atom is 0.164 e. The number of benzene rings is 8. The molecule has 0 spiro atoms. The van der Waals surface area contributed by atoms with Gasteiger partial charge < -0.3 is 0 Å². The molecule has 8 aromatic carbocycles. The lowest BCUT2D eigenvalue weighted by Crippen LogP contribution is -2.28. The quantitative estimate of drug-likeness (QED) is 0.164. The van der Waals surface area contributed by atoms with E-state index in [2.05, 4.69) is 178 Å². The van der Waals surface area contributed by atoms with Gasteiger partial charge in [0.25, 0.3) is 0 Å². The van der Waals surface area contributed by atoms with E-state index in [9.17, 15) is 0 Å². The van der Waals surface area contributed by atoms with Gasteiger partial charge in [-0.25, -0.2) is 15.0 Å². The van der Waals surface area contributed by atoms with E-state index >= 15 is 0 Å². The smallest absolute Gasteiger partial charge is 0.164 e. The highest BCUT2D eigenvalue weighted by Gasteiger charge is 2.46. The van der Waals surface area contributed by atoms with Gasteiger partial charge in [0.1, 0.15) is 0 Å². The zero-order chi connectivity index (χ0) is 38.3. The van der Waals surface area contributed by atoms with E-state index in [0.29, 0.717) is 17.5 Å². The van der Waals surface area contributed by atoms with Crippen LogP contribution in [0.2, 0.25) is 0 Å². The van der Waals surface area contributed by atoms with Crippen molar-refractivity contribution in [1.82, 2.24) is 15.0 Å². The standard InChI is InChI=1S/C54H39N3/c1-36-20-29-45(30-21-36)54(46-31-22-37(2)23-32-46)49-19-10-9-18-47(49)48-33-28-43(35-50(48)54)39-24-26-41(27-25-39)52-55-51(40-14-7-4-8-15-40)56-53(57-52)44-17-11-16-42(34-44)38-12-5-3-6-13-38/h3-35H,1-2H3. The van der Waals surface area contributed by atoms with Gasteiger partial charge in [0.2, 0.25) is 0 Å². The Kier molecular flexibility index (Phi) is 8.49. The van der Waals surface area contributed by atoms with Crippen LogP contribution < -0.4 is 0 Å². The first-order valence-electron chi connectivity index (χ1n) is 19.5. The average molecular weight is 730 g/mol. The SMILES string of the molecule is Cc1ccc(C2(c3ccc(C)cc3)c3ccccc3-c3ccc(-c4ccc(-c5nc(-c6ccccc6)nc(-c6cccc(-c7ccccc7)c6)n5)cc4)cc32)cc1. The zero-order valence-electron chi connectivity index (χ0n) is 31.9. The molecule has 1 heterocycles. The largest absolute Gasteiger partial charge is 0.208 e. The van der Waals surface area contributed by atoms with Crippen LogP contribution in [0.15, 0.2) is 200 Å². The van der Waals surface area contributed by atoms with Gasteiger partial charge in [-0.05, 0) is 81.6 Å². The van der Waals surface area contributed by atoms with E-state index in [-0.39, 0.29) is 0 Å². The predicted octanol–water partition coefficient (Wildman–Crippen LogP) is 13.2. The van der Waals surface area contributed by atoms with Crippen LogP contribution in [0.3, 0.4) is 0 Å². The molecule has 0 saturated carbocycles. The normalized spacial score (nSPS) is 12.5. The second kappa shape index (κ2) is 14.1. The molecule has 10 rings (SSSR count). The molecular formula is C54H39N3. The number of hydrogen-bond donors (Lipinski definition) is 0. The molecule has 1 aromatic heterocycles. The van der Waals surface area contributed by atoms with Crippen LogP contribution in [-0.4, -0.2) is 15.0 Å². The Morgan fingerprint density at radius 2 is 0.719 bits per heavy atom. The van der Waals surface area contributed by atoms with E-state index in [1.807, 2.05) is 36.4 Å². The predicted molar refractivity (Wildman–Crippen MR) is 234 cm³/mol. The zero-order valence-corrected chi connectivity index (χ0v) is 31.9. The summed E-state index contributed by atoms with van der Waals surface area (Å²) < 4.78 is 0. The van der Waals surface area contributed by atoms with E-state index in [4.69, 9.17) is 15.0 Å². The summed E-state index contributed by atoms with van der Waals surface area (Å²) >= 11 is 0. The van der Waals surface area contributed by atoms with E-state index in [0.717, 1.165) is 38.9 Å². The van der Waals surface area contributed by atoms with Crippen LogP contribution in [0.4, 0.5) is 0 Å². The molecule has 9 aromatic rings. The number of fused-ring (bicyclic) bond motifs is 3.